The molecule has 0 aliphatic rings. The number of carbonyl (C=O) groups excluding carboxylic acids is 2. The van der Waals surface area contributed by atoms with E-state index >= 15 is 0 Å². The summed E-state index contributed by atoms with van der Waals surface area (Å²) in [6, 6.07) is 2.26. The van der Waals surface area contributed by atoms with E-state index in [1.54, 1.807) is 6.92 Å². The van der Waals surface area contributed by atoms with Crippen molar-refractivity contribution >= 4 is 17.6 Å². The quantitative estimate of drug-likeness (QED) is 0.451. The molecule has 0 heterocycles. The van der Waals surface area contributed by atoms with Gasteiger partial charge in [-0.3, -0.25) is 19.7 Å². The minimum absolute atomic E-state index is 0.00569. The lowest BCUT2D eigenvalue weighted by Crippen LogP contribution is -2.30. The maximum absolute atomic E-state index is 12.1. The average Bonchev–Trinajstić information content (AvgIpc) is 2.51. The Morgan fingerprint density at radius 3 is 2.36 bits per heavy atom. The van der Waals surface area contributed by atoms with E-state index in [2.05, 4.69) is 10.1 Å². The number of hydrogen-bond acceptors (Lipinski definition) is 7. The highest BCUT2D eigenvalue weighted by atomic mass is 16.6. The van der Waals surface area contributed by atoms with Gasteiger partial charge < -0.3 is 19.5 Å². The Hall–Kier alpha value is -2.84. The van der Waals surface area contributed by atoms with Gasteiger partial charge >= 0.3 is 11.7 Å². The molecule has 1 rings (SSSR count). The maximum atomic E-state index is 12.1. The van der Waals surface area contributed by atoms with Crippen LogP contribution in [0.15, 0.2) is 12.1 Å². The molecule has 1 aromatic rings. The molecule has 0 spiro atoms. The summed E-state index contributed by atoms with van der Waals surface area (Å²) in [5.74, 6) is -1.33. The van der Waals surface area contributed by atoms with Gasteiger partial charge in [-0.05, 0) is 6.92 Å². The minimum Gasteiger partial charge on any atom is -0.496 e. The number of carbonyl (C=O) groups is 2. The van der Waals surface area contributed by atoms with Crippen molar-refractivity contribution in [2.75, 3.05) is 27.4 Å². The topological polar surface area (TPSA) is 117 Å². The van der Waals surface area contributed by atoms with Gasteiger partial charge in [0.1, 0.15) is 12.3 Å². The molecule has 0 atom stereocenters. The smallest absolute Gasteiger partial charge is 0.325 e. The SMILES string of the molecule is CCOC(=O)CNC(=O)c1cc(OC)c([N+](=O)[O-])cc1OC. The summed E-state index contributed by atoms with van der Waals surface area (Å²) in [5.41, 5.74) is -0.324. The molecular weight excluding hydrogens is 296 g/mol. The molecule has 0 aromatic heterocycles. The number of rotatable bonds is 7. The number of esters is 1. The summed E-state index contributed by atoms with van der Waals surface area (Å²) < 4.78 is 14.5. The summed E-state index contributed by atoms with van der Waals surface area (Å²) in [5, 5.41) is 13.3. The van der Waals surface area contributed by atoms with Crippen LogP contribution < -0.4 is 14.8 Å². The Morgan fingerprint density at radius 1 is 1.23 bits per heavy atom. The van der Waals surface area contributed by atoms with E-state index in [9.17, 15) is 19.7 Å². The summed E-state index contributed by atoms with van der Waals surface area (Å²) >= 11 is 0. The molecular formula is C13H16N2O7. The lowest BCUT2D eigenvalue weighted by Gasteiger charge is -2.11. The van der Waals surface area contributed by atoms with Gasteiger partial charge in [0.05, 0.1) is 37.4 Å². The molecule has 0 saturated heterocycles. The molecule has 1 N–H and O–H groups in total. The second-order valence-corrected chi connectivity index (χ2v) is 3.97. The highest BCUT2D eigenvalue weighted by molar-refractivity contribution is 5.99. The molecule has 0 aliphatic carbocycles. The molecule has 0 radical (unpaired) electrons. The Labute approximate surface area is 126 Å². The number of methoxy groups -OCH3 is 2. The van der Waals surface area contributed by atoms with Gasteiger partial charge in [-0.15, -0.1) is 0 Å². The predicted molar refractivity (Wildman–Crippen MR) is 75.2 cm³/mol. The zero-order chi connectivity index (χ0) is 16.7. The molecule has 0 bridgehead atoms. The zero-order valence-electron chi connectivity index (χ0n) is 12.4. The van der Waals surface area contributed by atoms with E-state index in [4.69, 9.17) is 9.47 Å². The largest absolute Gasteiger partial charge is 0.496 e. The van der Waals surface area contributed by atoms with Crippen LogP contribution in [0.2, 0.25) is 0 Å². The first-order valence-corrected chi connectivity index (χ1v) is 6.28. The van der Waals surface area contributed by atoms with Crippen LogP contribution in [0.5, 0.6) is 11.5 Å². The second kappa shape index (κ2) is 7.81. The lowest BCUT2D eigenvalue weighted by molar-refractivity contribution is -0.385. The van der Waals surface area contributed by atoms with Crippen molar-refractivity contribution in [1.82, 2.24) is 5.32 Å². The zero-order valence-corrected chi connectivity index (χ0v) is 12.4. The van der Waals surface area contributed by atoms with E-state index < -0.39 is 16.8 Å². The van der Waals surface area contributed by atoms with E-state index in [0.29, 0.717) is 0 Å². The Kier molecular flexibility index (Phi) is 6.11. The Morgan fingerprint density at radius 2 is 1.86 bits per heavy atom. The molecule has 22 heavy (non-hydrogen) atoms. The maximum Gasteiger partial charge on any atom is 0.325 e. The Bertz CT molecular complexity index is 586. The molecule has 9 nitrogen and oxygen atoms in total. The summed E-state index contributed by atoms with van der Waals surface area (Å²) in [6.07, 6.45) is 0. The van der Waals surface area contributed by atoms with E-state index in [0.717, 1.165) is 6.07 Å². The van der Waals surface area contributed by atoms with E-state index in [-0.39, 0.29) is 35.9 Å². The molecule has 1 amide bonds. The average molecular weight is 312 g/mol. The first kappa shape index (κ1) is 17.2. The third-order valence-corrected chi connectivity index (χ3v) is 2.64. The molecule has 9 heteroatoms. The number of nitrogens with zero attached hydrogens (tertiary/aromatic N) is 1. The van der Waals surface area contributed by atoms with Crippen molar-refractivity contribution in [3.63, 3.8) is 0 Å². The van der Waals surface area contributed by atoms with Gasteiger partial charge in [0.2, 0.25) is 0 Å². The molecule has 0 saturated carbocycles. The third-order valence-electron chi connectivity index (χ3n) is 2.64. The van der Waals surface area contributed by atoms with Crippen molar-refractivity contribution in [2.24, 2.45) is 0 Å². The first-order chi connectivity index (χ1) is 10.4. The van der Waals surface area contributed by atoms with Crippen molar-refractivity contribution in [3.8, 4) is 11.5 Å². The van der Waals surface area contributed by atoms with Crippen molar-refractivity contribution < 1.29 is 28.7 Å². The summed E-state index contributed by atoms with van der Waals surface area (Å²) in [4.78, 5) is 33.5. The van der Waals surface area contributed by atoms with Gasteiger partial charge in [-0.1, -0.05) is 0 Å². The number of nitro benzene ring substituents is 1. The van der Waals surface area contributed by atoms with E-state index in [1.807, 2.05) is 0 Å². The number of ether oxygens (including phenoxy) is 3. The molecule has 0 unspecified atom stereocenters. The summed E-state index contributed by atoms with van der Waals surface area (Å²) in [6.45, 7) is 1.52. The fraction of sp³-hybridized carbons (Fsp3) is 0.385. The van der Waals surface area contributed by atoms with Gasteiger partial charge in [0.25, 0.3) is 5.91 Å². The van der Waals surface area contributed by atoms with Crippen LogP contribution in [0.3, 0.4) is 0 Å². The van der Waals surface area contributed by atoms with Crippen LogP contribution in [0.4, 0.5) is 5.69 Å². The van der Waals surface area contributed by atoms with Crippen LogP contribution in [0.1, 0.15) is 17.3 Å². The molecule has 1 aromatic carbocycles. The van der Waals surface area contributed by atoms with Gasteiger partial charge in [0, 0.05) is 6.07 Å². The fourth-order valence-corrected chi connectivity index (χ4v) is 1.66. The van der Waals surface area contributed by atoms with Crippen LogP contribution in [0.25, 0.3) is 0 Å². The minimum atomic E-state index is -0.651. The first-order valence-electron chi connectivity index (χ1n) is 6.28. The number of nitro groups is 1. The predicted octanol–water partition coefficient (Wildman–Crippen LogP) is 0.905. The highest BCUT2D eigenvalue weighted by Gasteiger charge is 2.23. The highest BCUT2D eigenvalue weighted by Crippen LogP contribution is 2.34. The monoisotopic (exact) mass is 312 g/mol. The van der Waals surface area contributed by atoms with Crippen LogP contribution in [-0.2, 0) is 9.53 Å². The van der Waals surface area contributed by atoms with E-state index in [1.165, 1.54) is 20.3 Å². The number of hydrogen-bond donors (Lipinski definition) is 1. The lowest BCUT2D eigenvalue weighted by atomic mass is 10.1. The Balaban J connectivity index is 3.04. The second-order valence-electron chi connectivity index (χ2n) is 3.97. The summed E-state index contributed by atoms with van der Waals surface area (Å²) in [7, 11) is 2.52. The van der Waals surface area contributed by atoms with Crippen LogP contribution >= 0.6 is 0 Å². The van der Waals surface area contributed by atoms with Crippen molar-refractivity contribution in [2.45, 2.75) is 6.92 Å². The van der Waals surface area contributed by atoms with Gasteiger partial charge in [0.15, 0.2) is 5.75 Å². The number of amides is 1. The fourth-order valence-electron chi connectivity index (χ4n) is 1.66. The number of benzene rings is 1. The molecule has 120 valence electrons. The number of nitrogens with one attached hydrogen (secondary N) is 1. The molecule has 0 aliphatic heterocycles. The van der Waals surface area contributed by atoms with Crippen LogP contribution in [-0.4, -0.2) is 44.2 Å². The standard InChI is InChI=1S/C13H16N2O7/c1-4-22-12(16)7-14-13(17)8-5-11(21-3)9(15(18)19)6-10(8)20-2/h5-6H,4,7H2,1-3H3,(H,14,17). The van der Waals surface area contributed by atoms with Crippen molar-refractivity contribution in [1.29, 1.82) is 0 Å². The van der Waals surface area contributed by atoms with Crippen molar-refractivity contribution in [3.05, 3.63) is 27.8 Å². The van der Waals surface area contributed by atoms with Gasteiger partial charge in [-0.25, -0.2) is 0 Å². The van der Waals surface area contributed by atoms with Crippen LogP contribution in [0, 0.1) is 10.1 Å². The van der Waals surface area contributed by atoms with Gasteiger partial charge in [-0.2, -0.15) is 0 Å². The normalized spacial score (nSPS) is 9.77. The third kappa shape index (κ3) is 4.08. The molecule has 0 fully saturated rings.